The first-order valence-electron chi connectivity index (χ1n) is 11.5. The van der Waals surface area contributed by atoms with E-state index >= 15 is 0 Å². The molecule has 4 heteroatoms. The standard InChI is InChI=1S/C26H35N3O/c1-16(19-8-6-5-7-9-19)14-23(28-4)22-15-29(25(20-10-11-20)21-12-13-21)26(30)24(17(22)2)18(3)27/h8,14-15,20-21,25H,3,5-7,9-13,27H2,1-2,4H3/b16-14+,28-23?. The smallest absolute Gasteiger partial charge is 0.260 e. The Hall–Kier alpha value is -2.36. The van der Waals surface area contributed by atoms with Crippen LogP contribution < -0.4 is 11.3 Å². The summed E-state index contributed by atoms with van der Waals surface area (Å²) in [6, 6.07) is 0.291. The van der Waals surface area contributed by atoms with Crippen molar-refractivity contribution in [1.29, 1.82) is 0 Å². The summed E-state index contributed by atoms with van der Waals surface area (Å²) in [5, 5.41) is 0. The summed E-state index contributed by atoms with van der Waals surface area (Å²) in [6.45, 7) is 8.08. The fraction of sp³-hybridized carbons (Fsp3) is 0.538. The fourth-order valence-corrected chi connectivity index (χ4v) is 5.05. The maximum absolute atomic E-state index is 13.4. The topological polar surface area (TPSA) is 60.4 Å². The Kier molecular flexibility index (Phi) is 5.86. The highest BCUT2D eigenvalue weighted by molar-refractivity contribution is 6.10. The second kappa shape index (κ2) is 8.41. The largest absolute Gasteiger partial charge is 0.399 e. The van der Waals surface area contributed by atoms with Gasteiger partial charge in [-0.3, -0.25) is 9.79 Å². The van der Waals surface area contributed by atoms with Gasteiger partial charge in [-0.1, -0.05) is 12.7 Å². The number of nitrogens with two attached hydrogens (primary N) is 1. The van der Waals surface area contributed by atoms with Crippen LogP contribution in [0.25, 0.3) is 5.70 Å². The molecule has 0 atom stereocenters. The molecule has 3 aliphatic carbocycles. The van der Waals surface area contributed by atoms with E-state index in [0.29, 0.717) is 29.1 Å². The molecule has 0 bridgehead atoms. The molecule has 160 valence electrons. The van der Waals surface area contributed by atoms with Crippen molar-refractivity contribution in [2.75, 3.05) is 7.05 Å². The normalized spacial score (nSPS) is 20.5. The van der Waals surface area contributed by atoms with Crippen molar-refractivity contribution in [3.63, 3.8) is 0 Å². The van der Waals surface area contributed by atoms with Crippen LogP contribution in [0.2, 0.25) is 0 Å². The summed E-state index contributed by atoms with van der Waals surface area (Å²) in [4.78, 5) is 18.1. The predicted molar refractivity (Wildman–Crippen MR) is 126 cm³/mol. The first-order valence-corrected chi connectivity index (χ1v) is 11.5. The molecule has 0 unspecified atom stereocenters. The molecule has 30 heavy (non-hydrogen) atoms. The summed E-state index contributed by atoms with van der Waals surface area (Å²) >= 11 is 0. The van der Waals surface area contributed by atoms with Crippen LogP contribution in [-0.2, 0) is 0 Å². The van der Waals surface area contributed by atoms with Gasteiger partial charge >= 0.3 is 0 Å². The molecule has 0 aliphatic heterocycles. The second-order valence-corrected chi connectivity index (χ2v) is 9.36. The molecule has 0 spiro atoms. The Balaban J connectivity index is 1.82. The van der Waals surface area contributed by atoms with Gasteiger partial charge in [-0.25, -0.2) is 0 Å². The third-order valence-electron chi connectivity index (χ3n) is 7.02. The Labute approximate surface area is 180 Å². The van der Waals surface area contributed by atoms with Crippen LogP contribution in [0, 0.1) is 18.8 Å². The minimum Gasteiger partial charge on any atom is -0.399 e. The summed E-state index contributed by atoms with van der Waals surface area (Å²) in [5.74, 6) is 1.24. The minimum atomic E-state index is 0.0127. The van der Waals surface area contributed by atoms with Crippen LogP contribution in [0.4, 0.5) is 0 Å². The first kappa shape index (κ1) is 20.9. The second-order valence-electron chi connectivity index (χ2n) is 9.36. The number of aliphatic imine (C=N–C) groups is 1. The van der Waals surface area contributed by atoms with Crippen molar-refractivity contribution in [3.05, 3.63) is 63.1 Å². The quantitative estimate of drug-likeness (QED) is 0.625. The molecule has 0 radical (unpaired) electrons. The third kappa shape index (κ3) is 4.10. The molecular weight excluding hydrogens is 370 g/mol. The number of allylic oxidation sites excluding steroid dienone is 4. The highest BCUT2D eigenvalue weighted by Gasteiger charge is 2.43. The number of nitrogens with zero attached hydrogens (tertiary/aromatic N) is 2. The SMILES string of the molecule is C=C(N)c1c(C)c(C(/C=C(\C)C2=CCCCC2)=NC)cn(C(C2CC2)C2CC2)c1=O. The maximum atomic E-state index is 13.4. The zero-order chi connectivity index (χ0) is 21.4. The van der Waals surface area contributed by atoms with Gasteiger partial charge in [0.1, 0.15) is 0 Å². The van der Waals surface area contributed by atoms with E-state index in [1.165, 1.54) is 49.7 Å². The number of hydrogen-bond donors (Lipinski definition) is 1. The van der Waals surface area contributed by atoms with Crippen molar-refractivity contribution in [2.45, 2.75) is 71.3 Å². The molecule has 4 rings (SSSR count). The van der Waals surface area contributed by atoms with Gasteiger partial charge in [0.2, 0.25) is 0 Å². The van der Waals surface area contributed by atoms with E-state index in [4.69, 9.17) is 5.73 Å². The lowest BCUT2D eigenvalue weighted by Crippen LogP contribution is -2.32. The lowest BCUT2D eigenvalue weighted by Gasteiger charge is -2.23. The van der Waals surface area contributed by atoms with Crippen LogP contribution >= 0.6 is 0 Å². The van der Waals surface area contributed by atoms with Crippen molar-refractivity contribution >= 4 is 11.4 Å². The molecule has 3 aliphatic rings. The number of hydrogen-bond acceptors (Lipinski definition) is 3. The van der Waals surface area contributed by atoms with Crippen LogP contribution in [0.1, 0.15) is 81.0 Å². The van der Waals surface area contributed by atoms with E-state index in [0.717, 1.165) is 29.7 Å². The maximum Gasteiger partial charge on any atom is 0.260 e. The van der Waals surface area contributed by atoms with Gasteiger partial charge in [0.05, 0.1) is 11.3 Å². The highest BCUT2D eigenvalue weighted by atomic mass is 16.1. The van der Waals surface area contributed by atoms with Gasteiger partial charge in [-0.15, -0.1) is 0 Å². The Morgan fingerprint density at radius 2 is 1.93 bits per heavy atom. The molecule has 1 aromatic rings. The molecule has 1 aromatic heterocycles. The average molecular weight is 406 g/mol. The van der Waals surface area contributed by atoms with E-state index < -0.39 is 0 Å². The highest BCUT2D eigenvalue weighted by Crippen LogP contribution is 2.51. The van der Waals surface area contributed by atoms with Crippen molar-refractivity contribution in [2.24, 2.45) is 22.6 Å². The minimum absolute atomic E-state index is 0.0127. The Morgan fingerprint density at radius 3 is 2.43 bits per heavy atom. The van der Waals surface area contributed by atoms with Crippen LogP contribution in [0.15, 0.2) is 45.9 Å². The van der Waals surface area contributed by atoms with E-state index in [1.54, 1.807) is 0 Å². The number of pyridine rings is 1. The Bertz CT molecular complexity index is 988. The van der Waals surface area contributed by atoms with Crippen molar-refractivity contribution in [3.8, 4) is 0 Å². The van der Waals surface area contributed by atoms with Gasteiger partial charge in [0.15, 0.2) is 0 Å². The van der Waals surface area contributed by atoms with Gasteiger partial charge in [-0.05, 0) is 99.8 Å². The van der Waals surface area contributed by atoms with E-state index in [1.807, 2.05) is 18.5 Å². The van der Waals surface area contributed by atoms with E-state index in [9.17, 15) is 4.79 Å². The molecule has 2 saturated carbocycles. The zero-order valence-electron chi connectivity index (χ0n) is 18.7. The van der Waals surface area contributed by atoms with Crippen LogP contribution in [-0.4, -0.2) is 17.3 Å². The van der Waals surface area contributed by atoms with Crippen LogP contribution in [0.5, 0.6) is 0 Å². The molecule has 0 aromatic carbocycles. The summed E-state index contributed by atoms with van der Waals surface area (Å²) < 4.78 is 1.99. The lowest BCUT2D eigenvalue weighted by molar-refractivity contribution is 0.383. The number of aromatic nitrogens is 1. The molecule has 0 saturated heterocycles. The van der Waals surface area contributed by atoms with E-state index in [-0.39, 0.29) is 5.56 Å². The number of rotatable bonds is 7. The van der Waals surface area contributed by atoms with Gasteiger partial charge in [0, 0.05) is 30.5 Å². The molecule has 2 fully saturated rings. The summed E-state index contributed by atoms with van der Waals surface area (Å²) in [7, 11) is 1.83. The zero-order valence-corrected chi connectivity index (χ0v) is 18.7. The van der Waals surface area contributed by atoms with Crippen molar-refractivity contribution < 1.29 is 0 Å². The van der Waals surface area contributed by atoms with Gasteiger partial charge in [0.25, 0.3) is 5.56 Å². The van der Waals surface area contributed by atoms with Crippen LogP contribution in [0.3, 0.4) is 0 Å². The summed E-state index contributed by atoms with van der Waals surface area (Å²) in [6.07, 6.45) is 16.3. The fourth-order valence-electron chi connectivity index (χ4n) is 5.05. The summed E-state index contributed by atoms with van der Waals surface area (Å²) in [5.41, 5.74) is 12.5. The molecule has 2 N–H and O–H groups in total. The monoisotopic (exact) mass is 405 g/mol. The van der Waals surface area contributed by atoms with E-state index in [2.05, 4.69) is 36.8 Å². The molecule has 1 heterocycles. The average Bonchev–Trinajstić information content (AvgIpc) is 3.64. The first-order chi connectivity index (χ1) is 14.4. The van der Waals surface area contributed by atoms with Crippen molar-refractivity contribution in [1.82, 2.24) is 4.57 Å². The molecule has 0 amide bonds. The van der Waals surface area contributed by atoms with Gasteiger partial charge < -0.3 is 10.3 Å². The molecule has 4 nitrogen and oxygen atoms in total. The molecular formula is C26H35N3O. The Morgan fingerprint density at radius 1 is 1.27 bits per heavy atom. The third-order valence-corrected chi connectivity index (χ3v) is 7.02. The lowest BCUT2D eigenvalue weighted by atomic mass is 9.92. The van der Waals surface area contributed by atoms with Gasteiger partial charge in [-0.2, -0.15) is 0 Å². The predicted octanol–water partition coefficient (Wildman–Crippen LogP) is 5.31.